The number of unbranched alkanes of at least 4 members (excludes halogenated alkanes) is 1. The zero-order valence-corrected chi connectivity index (χ0v) is 17.7. The third kappa shape index (κ3) is 3.61. The number of nitrogens with zero attached hydrogens (tertiary/aromatic N) is 5. The van der Waals surface area contributed by atoms with Crippen LogP contribution in [0, 0.1) is 17.8 Å². The van der Waals surface area contributed by atoms with Gasteiger partial charge in [0.1, 0.15) is 11.0 Å². The molecule has 4 atom stereocenters. The van der Waals surface area contributed by atoms with Crippen LogP contribution in [0.25, 0.3) is 0 Å². The molecule has 4 aliphatic rings. The van der Waals surface area contributed by atoms with Crippen LogP contribution in [-0.2, 0) is 4.79 Å². The second kappa shape index (κ2) is 8.00. The summed E-state index contributed by atoms with van der Waals surface area (Å²) in [4.78, 5) is 26.0. The van der Waals surface area contributed by atoms with Crippen LogP contribution in [0.3, 0.4) is 0 Å². The smallest absolute Gasteiger partial charge is 0.237 e. The Kier molecular flexibility index (Phi) is 5.41. The first-order chi connectivity index (χ1) is 13.7. The largest absolute Gasteiger partial charge is 0.353 e. The van der Waals surface area contributed by atoms with E-state index < -0.39 is 0 Å². The lowest BCUT2D eigenvalue weighted by atomic mass is 9.88. The zero-order valence-electron chi connectivity index (χ0n) is 16.2. The second-order valence-corrected chi connectivity index (χ2v) is 10.2. The Labute approximate surface area is 176 Å². The fraction of sp³-hybridized carbons (Fsp3) is 0.750. The molecule has 4 fully saturated rings. The molecule has 0 radical (unpaired) electrons. The number of anilines is 1. The number of amides is 1. The van der Waals surface area contributed by atoms with Crippen LogP contribution in [0.1, 0.15) is 32.1 Å². The van der Waals surface area contributed by atoms with Crippen molar-refractivity contribution in [3.05, 3.63) is 17.5 Å². The maximum absolute atomic E-state index is 12.7. The van der Waals surface area contributed by atoms with Gasteiger partial charge in [0.05, 0.1) is 18.3 Å². The van der Waals surface area contributed by atoms with Gasteiger partial charge < -0.3 is 4.90 Å². The number of piperazine rings is 1. The van der Waals surface area contributed by atoms with Crippen molar-refractivity contribution in [3.63, 3.8) is 0 Å². The van der Waals surface area contributed by atoms with Crippen molar-refractivity contribution >= 4 is 35.3 Å². The summed E-state index contributed by atoms with van der Waals surface area (Å²) in [7, 11) is 0. The van der Waals surface area contributed by atoms with Gasteiger partial charge in [0.25, 0.3) is 0 Å². The van der Waals surface area contributed by atoms with Gasteiger partial charge in [-0.1, -0.05) is 11.6 Å². The molecule has 2 bridgehead atoms. The third-order valence-corrected chi connectivity index (χ3v) is 8.72. The molecule has 0 N–H and O–H groups in total. The molecular weight excluding hydrogens is 394 g/mol. The highest BCUT2D eigenvalue weighted by Gasteiger charge is 2.56. The van der Waals surface area contributed by atoms with Crippen LogP contribution in [0.5, 0.6) is 0 Å². The number of hydrogen-bond acceptors (Lipinski definition) is 6. The van der Waals surface area contributed by atoms with E-state index in [1.165, 1.54) is 19.3 Å². The molecule has 1 aromatic heterocycles. The van der Waals surface area contributed by atoms with E-state index in [-0.39, 0.29) is 0 Å². The first kappa shape index (κ1) is 18.9. The minimum Gasteiger partial charge on any atom is -0.353 e. The Balaban J connectivity index is 1.02. The number of carbonyl (C=O) groups excluding carboxylic acids is 1. The van der Waals surface area contributed by atoms with E-state index in [2.05, 4.69) is 24.1 Å². The van der Waals surface area contributed by atoms with Gasteiger partial charge in [-0.2, -0.15) is 0 Å². The van der Waals surface area contributed by atoms with Crippen LogP contribution in [0.2, 0.25) is 5.15 Å². The van der Waals surface area contributed by atoms with Crippen molar-refractivity contribution in [2.75, 3.05) is 44.2 Å². The molecule has 2 saturated carbocycles. The predicted molar refractivity (Wildman–Crippen MR) is 112 cm³/mol. The SMILES string of the molecule is O=C1C2C3CCC(C3)C2SN1CCCCN1CCN(c2cncc(Cl)n2)CC1. The summed E-state index contributed by atoms with van der Waals surface area (Å²) >= 11 is 7.83. The van der Waals surface area contributed by atoms with Gasteiger partial charge >= 0.3 is 0 Å². The third-order valence-electron chi connectivity index (χ3n) is 6.99. The summed E-state index contributed by atoms with van der Waals surface area (Å²) in [5.74, 6) is 3.18. The second-order valence-electron chi connectivity index (χ2n) is 8.61. The molecule has 3 heterocycles. The van der Waals surface area contributed by atoms with Crippen LogP contribution >= 0.6 is 23.5 Å². The van der Waals surface area contributed by atoms with Crippen LogP contribution < -0.4 is 4.90 Å². The molecule has 2 saturated heterocycles. The first-order valence-corrected chi connectivity index (χ1v) is 11.8. The summed E-state index contributed by atoms with van der Waals surface area (Å²) in [5, 5.41) is 1.06. The maximum Gasteiger partial charge on any atom is 0.237 e. The van der Waals surface area contributed by atoms with Gasteiger partial charge in [-0.25, -0.2) is 4.98 Å². The van der Waals surface area contributed by atoms with Crippen molar-refractivity contribution in [1.82, 2.24) is 19.2 Å². The van der Waals surface area contributed by atoms with Crippen molar-refractivity contribution in [3.8, 4) is 0 Å². The predicted octanol–water partition coefficient (Wildman–Crippen LogP) is 2.94. The van der Waals surface area contributed by atoms with E-state index in [9.17, 15) is 4.79 Å². The van der Waals surface area contributed by atoms with Crippen molar-refractivity contribution in [1.29, 1.82) is 0 Å². The molecule has 0 spiro atoms. The Hall–Kier alpha value is -1.05. The van der Waals surface area contributed by atoms with E-state index in [0.717, 1.165) is 63.8 Å². The molecule has 2 aliphatic heterocycles. The minimum absolute atomic E-state index is 0.353. The normalized spacial score (nSPS) is 32.4. The lowest BCUT2D eigenvalue weighted by Gasteiger charge is -2.35. The monoisotopic (exact) mass is 421 g/mol. The van der Waals surface area contributed by atoms with E-state index >= 15 is 0 Å². The van der Waals surface area contributed by atoms with Crippen molar-refractivity contribution in [2.24, 2.45) is 17.8 Å². The van der Waals surface area contributed by atoms with Gasteiger partial charge in [-0.05, 0) is 62.4 Å². The van der Waals surface area contributed by atoms with Crippen LogP contribution in [0.4, 0.5) is 5.82 Å². The molecule has 1 amide bonds. The molecule has 28 heavy (non-hydrogen) atoms. The van der Waals surface area contributed by atoms with Crippen LogP contribution in [-0.4, -0.2) is 69.6 Å². The van der Waals surface area contributed by atoms with Crippen molar-refractivity contribution in [2.45, 2.75) is 37.4 Å². The van der Waals surface area contributed by atoms with E-state index in [1.807, 2.05) is 11.9 Å². The number of rotatable bonds is 6. The number of fused-ring (bicyclic) bond motifs is 5. The number of aromatic nitrogens is 2. The van der Waals surface area contributed by atoms with Gasteiger partial charge in [0.2, 0.25) is 5.91 Å². The molecule has 0 aromatic carbocycles. The van der Waals surface area contributed by atoms with Crippen LogP contribution in [0.15, 0.2) is 12.4 Å². The summed E-state index contributed by atoms with van der Waals surface area (Å²) in [5.41, 5.74) is 0. The maximum atomic E-state index is 12.7. The fourth-order valence-electron chi connectivity index (χ4n) is 5.54. The molecular formula is C20H28ClN5OS. The number of hydrogen-bond donors (Lipinski definition) is 0. The molecule has 2 aliphatic carbocycles. The van der Waals surface area contributed by atoms with Gasteiger partial charge in [-0.15, -0.1) is 0 Å². The highest BCUT2D eigenvalue weighted by atomic mass is 35.5. The Bertz CT molecular complexity index is 728. The highest BCUT2D eigenvalue weighted by molar-refractivity contribution is 7.98. The summed E-state index contributed by atoms with van der Waals surface area (Å²) in [6, 6.07) is 0. The number of halogens is 1. The Morgan fingerprint density at radius 3 is 2.64 bits per heavy atom. The molecule has 5 rings (SSSR count). The molecule has 8 heteroatoms. The fourth-order valence-corrected chi connectivity index (χ4v) is 7.32. The topological polar surface area (TPSA) is 52.6 Å². The molecule has 1 aromatic rings. The van der Waals surface area contributed by atoms with Gasteiger partial charge in [-0.3, -0.25) is 19.0 Å². The Morgan fingerprint density at radius 1 is 1.07 bits per heavy atom. The van der Waals surface area contributed by atoms with Crippen molar-refractivity contribution < 1.29 is 4.79 Å². The molecule has 6 nitrogen and oxygen atoms in total. The summed E-state index contributed by atoms with van der Waals surface area (Å²) in [6.07, 6.45) is 9.58. The standard InChI is InChI=1S/C20H28ClN5OS/c21-16-12-22-13-17(23-16)25-9-7-24(8-10-25)5-1-2-6-26-20(27)18-14-3-4-15(11-14)19(18)28-26/h12-15,18-19H,1-11H2. The average Bonchev–Trinajstić information content (AvgIpc) is 3.40. The van der Waals surface area contributed by atoms with E-state index in [1.54, 1.807) is 12.4 Å². The lowest BCUT2D eigenvalue weighted by Crippen LogP contribution is -2.47. The molecule has 152 valence electrons. The number of carbonyl (C=O) groups is 1. The minimum atomic E-state index is 0.353. The summed E-state index contributed by atoms with van der Waals surface area (Å²) in [6.45, 7) is 6.04. The van der Waals surface area contributed by atoms with Gasteiger partial charge in [0.15, 0.2) is 0 Å². The quantitative estimate of drug-likeness (QED) is 0.520. The van der Waals surface area contributed by atoms with Gasteiger partial charge in [0, 0.05) is 38.0 Å². The summed E-state index contributed by atoms with van der Waals surface area (Å²) < 4.78 is 2.11. The zero-order chi connectivity index (χ0) is 19.1. The molecule has 4 unspecified atom stereocenters. The average molecular weight is 422 g/mol. The first-order valence-electron chi connectivity index (χ1n) is 10.6. The van der Waals surface area contributed by atoms with E-state index in [0.29, 0.717) is 28.1 Å². The highest BCUT2D eigenvalue weighted by Crippen LogP contribution is 2.58. The Morgan fingerprint density at radius 2 is 1.86 bits per heavy atom. The van der Waals surface area contributed by atoms with E-state index in [4.69, 9.17) is 11.6 Å². The lowest BCUT2D eigenvalue weighted by molar-refractivity contribution is -0.130.